The molecule has 1 heterocycles. The van der Waals surface area contributed by atoms with E-state index in [-0.39, 0.29) is 5.82 Å². The van der Waals surface area contributed by atoms with Crippen molar-refractivity contribution in [3.05, 3.63) is 34.1 Å². The second kappa shape index (κ2) is 5.90. The molecule has 1 aromatic rings. The average molecular weight is 327 g/mol. The van der Waals surface area contributed by atoms with Crippen LogP contribution in [0.4, 0.5) is 4.39 Å². The fourth-order valence-electron chi connectivity index (χ4n) is 2.91. The van der Waals surface area contributed by atoms with E-state index in [0.717, 1.165) is 42.1 Å². The van der Waals surface area contributed by atoms with Gasteiger partial charge in [-0.3, -0.25) is 4.90 Å². The van der Waals surface area contributed by atoms with Crippen LogP contribution in [0, 0.1) is 11.7 Å². The van der Waals surface area contributed by atoms with Gasteiger partial charge in [0, 0.05) is 36.7 Å². The molecule has 1 saturated carbocycles. The minimum Gasteiger partial charge on any atom is -0.314 e. The third-order valence-corrected chi connectivity index (χ3v) is 4.89. The van der Waals surface area contributed by atoms with E-state index in [9.17, 15) is 4.39 Å². The molecule has 1 aliphatic heterocycles. The summed E-state index contributed by atoms with van der Waals surface area (Å²) in [6, 6.07) is 5.44. The van der Waals surface area contributed by atoms with Crippen LogP contribution in [0.25, 0.3) is 0 Å². The van der Waals surface area contributed by atoms with Crippen LogP contribution < -0.4 is 5.32 Å². The van der Waals surface area contributed by atoms with Crippen molar-refractivity contribution in [3.63, 3.8) is 0 Å². The molecule has 3 rings (SSSR count). The Morgan fingerprint density at radius 1 is 1.32 bits per heavy atom. The molecule has 1 saturated heterocycles. The zero-order chi connectivity index (χ0) is 13.2. The summed E-state index contributed by atoms with van der Waals surface area (Å²) in [5.41, 5.74) is 1.12. The Morgan fingerprint density at radius 3 is 2.74 bits per heavy atom. The van der Waals surface area contributed by atoms with E-state index < -0.39 is 0 Å². The van der Waals surface area contributed by atoms with Gasteiger partial charge in [-0.2, -0.15) is 0 Å². The highest BCUT2D eigenvalue weighted by atomic mass is 79.9. The lowest BCUT2D eigenvalue weighted by Gasteiger charge is -2.36. The Hall–Kier alpha value is -0.450. The SMILES string of the molecule is Fc1ccc(Br)c([C@@H](CC2CC2)N2CCNCC2)c1. The normalized spacial score (nSPS) is 22.4. The van der Waals surface area contributed by atoms with E-state index in [4.69, 9.17) is 0 Å². The summed E-state index contributed by atoms with van der Waals surface area (Å²) in [6.07, 6.45) is 3.85. The third kappa shape index (κ3) is 3.36. The first-order chi connectivity index (χ1) is 9.24. The number of hydrogen-bond donors (Lipinski definition) is 1. The van der Waals surface area contributed by atoms with Gasteiger partial charge < -0.3 is 5.32 Å². The number of benzene rings is 1. The maximum Gasteiger partial charge on any atom is 0.123 e. The maximum absolute atomic E-state index is 13.6. The lowest BCUT2D eigenvalue weighted by atomic mass is 9.98. The Kier molecular flexibility index (Phi) is 4.20. The maximum atomic E-state index is 13.6. The standard InChI is InChI=1S/C15H20BrFN2/c16-14-4-3-12(17)10-13(14)15(9-11-1-2-11)19-7-5-18-6-8-19/h3-4,10-11,15,18H,1-2,5-9H2/t15-/m1/s1. The lowest BCUT2D eigenvalue weighted by Crippen LogP contribution is -2.45. The second-order valence-corrected chi connectivity index (χ2v) is 6.50. The predicted molar refractivity (Wildman–Crippen MR) is 78.6 cm³/mol. The van der Waals surface area contributed by atoms with E-state index in [1.54, 1.807) is 6.07 Å². The lowest BCUT2D eigenvalue weighted by molar-refractivity contribution is 0.160. The van der Waals surface area contributed by atoms with Crippen molar-refractivity contribution in [1.82, 2.24) is 10.2 Å². The molecule has 1 atom stereocenters. The Labute approximate surface area is 122 Å². The van der Waals surface area contributed by atoms with Crippen molar-refractivity contribution >= 4 is 15.9 Å². The monoisotopic (exact) mass is 326 g/mol. The second-order valence-electron chi connectivity index (χ2n) is 5.65. The number of piperazine rings is 1. The van der Waals surface area contributed by atoms with Gasteiger partial charge in [0.1, 0.15) is 5.82 Å². The van der Waals surface area contributed by atoms with Crippen molar-refractivity contribution in [3.8, 4) is 0 Å². The molecule has 1 N–H and O–H groups in total. The molecule has 2 nitrogen and oxygen atoms in total. The highest BCUT2D eigenvalue weighted by Gasteiger charge is 2.31. The first kappa shape index (κ1) is 13.5. The van der Waals surface area contributed by atoms with Crippen LogP contribution in [0.1, 0.15) is 30.9 Å². The van der Waals surface area contributed by atoms with Crippen molar-refractivity contribution in [1.29, 1.82) is 0 Å². The minimum absolute atomic E-state index is 0.130. The molecule has 4 heteroatoms. The van der Waals surface area contributed by atoms with Crippen LogP contribution in [0.15, 0.2) is 22.7 Å². The van der Waals surface area contributed by atoms with E-state index in [1.807, 2.05) is 6.07 Å². The molecule has 2 aliphatic rings. The van der Waals surface area contributed by atoms with Crippen molar-refractivity contribution < 1.29 is 4.39 Å². The number of hydrogen-bond acceptors (Lipinski definition) is 2. The molecule has 0 amide bonds. The molecule has 0 bridgehead atoms. The highest BCUT2D eigenvalue weighted by Crippen LogP contribution is 2.41. The molecule has 0 aromatic heterocycles. The number of halogens is 2. The Bertz CT molecular complexity index is 442. The van der Waals surface area contributed by atoms with Gasteiger partial charge in [0.25, 0.3) is 0 Å². The predicted octanol–water partition coefficient (Wildman–Crippen LogP) is 3.33. The summed E-state index contributed by atoms with van der Waals surface area (Å²) in [4.78, 5) is 2.51. The molecule has 0 spiro atoms. The molecule has 19 heavy (non-hydrogen) atoms. The van der Waals surface area contributed by atoms with Crippen LogP contribution in [0.5, 0.6) is 0 Å². The Balaban J connectivity index is 1.85. The third-order valence-electron chi connectivity index (χ3n) is 4.16. The van der Waals surface area contributed by atoms with Gasteiger partial charge in [-0.05, 0) is 36.1 Å². The molecule has 0 unspecified atom stereocenters. The molecule has 2 fully saturated rings. The summed E-state index contributed by atoms with van der Waals surface area (Å²) in [6.45, 7) is 4.18. The van der Waals surface area contributed by atoms with Crippen LogP contribution in [-0.2, 0) is 0 Å². The van der Waals surface area contributed by atoms with Crippen LogP contribution in [0.2, 0.25) is 0 Å². The van der Waals surface area contributed by atoms with Gasteiger partial charge in [0.15, 0.2) is 0 Å². The molecular weight excluding hydrogens is 307 g/mol. The summed E-state index contributed by atoms with van der Waals surface area (Å²) in [5, 5.41) is 3.39. The van der Waals surface area contributed by atoms with Crippen molar-refractivity contribution in [2.24, 2.45) is 5.92 Å². The topological polar surface area (TPSA) is 15.3 Å². The average Bonchev–Trinajstić information content (AvgIpc) is 3.24. The Morgan fingerprint density at radius 2 is 2.05 bits per heavy atom. The van der Waals surface area contributed by atoms with Gasteiger partial charge in [0.2, 0.25) is 0 Å². The number of nitrogens with zero attached hydrogens (tertiary/aromatic N) is 1. The molecule has 104 valence electrons. The zero-order valence-corrected chi connectivity index (χ0v) is 12.6. The van der Waals surface area contributed by atoms with E-state index in [1.165, 1.54) is 25.3 Å². The number of rotatable bonds is 4. The van der Waals surface area contributed by atoms with Gasteiger partial charge in [0.05, 0.1) is 0 Å². The zero-order valence-electron chi connectivity index (χ0n) is 11.0. The fraction of sp³-hybridized carbons (Fsp3) is 0.600. The molecule has 1 aliphatic carbocycles. The first-order valence-electron chi connectivity index (χ1n) is 7.14. The highest BCUT2D eigenvalue weighted by molar-refractivity contribution is 9.10. The quantitative estimate of drug-likeness (QED) is 0.912. The summed E-state index contributed by atoms with van der Waals surface area (Å²) in [5.74, 6) is 0.712. The van der Waals surface area contributed by atoms with Crippen molar-refractivity contribution in [2.75, 3.05) is 26.2 Å². The fourth-order valence-corrected chi connectivity index (χ4v) is 3.42. The van der Waals surface area contributed by atoms with Crippen molar-refractivity contribution in [2.45, 2.75) is 25.3 Å². The van der Waals surface area contributed by atoms with Crippen LogP contribution >= 0.6 is 15.9 Å². The number of nitrogens with one attached hydrogen (secondary N) is 1. The molecule has 1 aromatic carbocycles. The van der Waals surface area contributed by atoms with Crippen LogP contribution in [-0.4, -0.2) is 31.1 Å². The molecular formula is C15H20BrFN2. The van der Waals surface area contributed by atoms with Crippen LogP contribution in [0.3, 0.4) is 0 Å². The summed E-state index contributed by atoms with van der Waals surface area (Å²) in [7, 11) is 0. The molecule has 0 radical (unpaired) electrons. The van der Waals surface area contributed by atoms with E-state index in [0.29, 0.717) is 6.04 Å². The van der Waals surface area contributed by atoms with Gasteiger partial charge in [-0.25, -0.2) is 4.39 Å². The largest absolute Gasteiger partial charge is 0.314 e. The van der Waals surface area contributed by atoms with Gasteiger partial charge >= 0.3 is 0 Å². The smallest absolute Gasteiger partial charge is 0.123 e. The summed E-state index contributed by atoms with van der Waals surface area (Å²) < 4.78 is 14.6. The summed E-state index contributed by atoms with van der Waals surface area (Å²) >= 11 is 3.60. The van der Waals surface area contributed by atoms with E-state index >= 15 is 0 Å². The van der Waals surface area contributed by atoms with Gasteiger partial charge in [-0.1, -0.05) is 28.8 Å². The minimum atomic E-state index is -0.130. The first-order valence-corrected chi connectivity index (χ1v) is 7.93. The van der Waals surface area contributed by atoms with E-state index in [2.05, 4.69) is 26.1 Å². The van der Waals surface area contributed by atoms with Gasteiger partial charge in [-0.15, -0.1) is 0 Å².